The van der Waals surface area contributed by atoms with E-state index in [1.54, 1.807) is 19.1 Å². The Balaban J connectivity index is 2.67. The molecule has 0 bridgehead atoms. The van der Waals surface area contributed by atoms with E-state index < -0.39 is 31.2 Å². The van der Waals surface area contributed by atoms with Crippen LogP contribution in [0.3, 0.4) is 0 Å². The van der Waals surface area contributed by atoms with E-state index in [0.717, 1.165) is 6.42 Å². The van der Waals surface area contributed by atoms with Crippen molar-refractivity contribution in [3.63, 3.8) is 0 Å². The quantitative estimate of drug-likeness (QED) is 0.155. The molecule has 180 valence electrons. The molecule has 0 aliphatic heterocycles. The molecule has 0 radical (unpaired) electrons. The van der Waals surface area contributed by atoms with Crippen LogP contribution in [0.2, 0.25) is 0 Å². The fourth-order valence-electron chi connectivity index (χ4n) is 4.29. The van der Waals surface area contributed by atoms with Gasteiger partial charge in [-0.2, -0.15) is 0 Å². The van der Waals surface area contributed by atoms with Crippen LogP contribution in [0.4, 0.5) is 26.3 Å². The van der Waals surface area contributed by atoms with E-state index in [1.165, 1.54) is 48.5 Å². The average Bonchev–Trinajstić information content (AvgIpc) is 2.78. The molecule has 0 unspecified atom stereocenters. The van der Waals surface area contributed by atoms with Gasteiger partial charge in [-0.05, 0) is 0 Å². The number of hydrogen-bond donors (Lipinski definition) is 0. The van der Waals surface area contributed by atoms with Gasteiger partial charge in [0.05, 0.1) is 0 Å². The van der Waals surface area contributed by atoms with Crippen molar-refractivity contribution < 1.29 is 26.3 Å². The molecular weight excluding hydrogens is 445 g/mol. The molecule has 0 spiro atoms. The monoisotopic (exact) mass is 478 g/mol. The molecule has 7 heteroatoms. The van der Waals surface area contributed by atoms with Crippen molar-refractivity contribution in [1.82, 2.24) is 0 Å². The van der Waals surface area contributed by atoms with Crippen molar-refractivity contribution in [2.24, 2.45) is 0 Å². The van der Waals surface area contributed by atoms with E-state index >= 15 is 17.6 Å². The van der Waals surface area contributed by atoms with Crippen molar-refractivity contribution in [2.45, 2.75) is 76.3 Å². The van der Waals surface area contributed by atoms with Crippen LogP contribution in [0.1, 0.15) is 58.8 Å². The van der Waals surface area contributed by atoms with Gasteiger partial charge in [0.15, 0.2) is 0 Å². The zero-order chi connectivity index (χ0) is 23.9. The summed E-state index contributed by atoms with van der Waals surface area (Å²) in [5.41, 5.74) is -4.90. The van der Waals surface area contributed by atoms with Gasteiger partial charge in [0.2, 0.25) is 0 Å². The summed E-state index contributed by atoms with van der Waals surface area (Å²) in [5, 5.41) is 0.0946. The predicted molar refractivity (Wildman–Crippen MR) is 124 cm³/mol. The van der Waals surface area contributed by atoms with Gasteiger partial charge in [-0.1, -0.05) is 0 Å². The zero-order valence-corrected chi connectivity index (χ0v) is 19.7. The van der Waals surface area contributed by atoms with Crippen LogP contribution in [0.5, 0.6) is 0 Å². The van der Waals surface area contributed by atoms with Crippen molar-refractivity contribution in [3.8, 4) is 0 Å². The van der Waals surface area contributed by atoms with E-state index in [1.807, 2.05) is 6.92 Å². The second-order valence-electron chi connectivity index (χ2n) is 8.40. The molecule has 0 aromatic heterocycles. The topological polar surface area (TPSA) is 0 Å². The molecule has 0 amide bonds. The summed E-state index contributed by atoms with van der Waals surface area (Å²) in [6.07, 6.45) is 0.654. The van der Waals surface area contributed by atoms with Gasteiger partial charge < -0.3 is 0 Å². The van der Waals surface area contributed by atoms with Crippen LogP contribution in [-0.4, -0.2) is 23.7 Å². The first-order valence-electron chi connectivity index (χ1n) is 11.3. The normalized spacial score (nSPS) is 13.9. The van der Waals surface area contributed by atoms with E-state index in [-0.39, 0.29) is 29.6 Å². The van der Waals surface area contributed by atoms with Crippen molar-refractivity contribution in [2.75, 3.05) is 6.16 Å². The number of unbranched alkanes of at least 4 members (excludes halogenated alkanes) is 4. The third kappa shape index (κ3) is 5.00. The van der Waals surface area contributed by atoms with Crippen molar-refractivity contribution >= 4 is 17.9 Å². The molecule has 0 atom stereocenters. The van der Waals surface area contributed by atoms with Gasteiger partial charge in [0.1, 0.15) is 0 Å². The summed E-state index contributed by atoms with van der Waals surface area (Å²) >= 11 is 0. The molecule has 2 aromatic rings. The third-order valence-corrected chi connectivity index (χ3v) is 11.3. The first-order chi connectivity index (χ1) is 15.1. The van der Waals surface area contributed by atoms with Gasteiger partial charge in [-0.15, -0.1) is 0 Å². The standard InChI is InChI=1S/C25H33F6P/c1-3-5-7-14-19-23(26,27)24(28,29)25(30,31)32(20-6-4-2,21-15-10-8-11-16-21)22-17-12-9-13-18-22/h8-13,15-18,32H,3-7,14,19-20H2,1-2H3. The van der Waals surface area contributed by atoms with Gasteiger partial charge >= 0.3 is 187 Å². The fourth-order valence-corrected chi connectivity index (χ4v) is 9.37. The van der Waals surface area contributed by atoms with Crippen LogP contribution < -0.4 is 10.6 Å². The van der Waals surface area contributed by atoms with Gasteiger partial charge in [0.25, 0.3) is 0 Å². The van der Waals surface area contributed by atoms with Crippen LogP contribution in [-0.2, 0) is 0 Å². The van der Waals surface area contributed by atoms with Crippen LogP contribution >= 0.6 is 7.26 Å². The number of benzene rings is 2. The minimum absolute atomic E-state index is 0.0473. The Kier molecular flexibility index (Phi) is 9.22. The van der Waals surface area contributed by atoms with E-state index in [9.17, 15) is 8.78 Å². The van der Waals surface area contributed by atoms with E-state index in [0.29, 0.717) is 19.3 Å². The average molecular weight is 479 g/mol. The predicted octanol–water partition coefficient (Wildman–Crippen LogP) is 8.02. The third-order valence-electron chi connectivity index (χ3n) is 6.17. The molecular formula is C25H33F6P. The molecule has 32 heavy (non-hydrogen) atoms. The Hall–Kier alpha value is -1.55. The Morgan fingerprint density at radius 2 is 1.09 bits per heavy atom. The van der Waals surface area contributed by atoms with Crippen LogP contribution in [0, 0.1) is 0 Å². The summed E-state index contributed by atoms with van der Waals surface area (Å²) in [7, 11) is -4.66. The van der Waals surface area contributed by atoms with E-state index in [4.69, 9.17) is 0 Å². The van der Waals surface area contributed by atoms with Crippen LogP contribution in [0.15, 0.2) is 60.7 Å². The molecule has 0 N–H and O–H groups in total. The number of alkyl halides is 6. The number of rotatable bonds is 13. The Labute approximate surface area is 187 Å². The molecule has 2 rings (SSSR count). The molecule has 0 aliphatic rings. The van der Waals surface area contributed by atoms with Crippen molar-refractivity contribution in [3.05, 3.63) is 60.7 Å². The van der Waals surface area contributed by atoms with Crippen molar-refractivity contribution in [1.29, 1.82) is 0 Å². The molecule has 0 saturated carbocycles. The molecule has 0 fully saturated rings. The number of hydrogen-bond acceptors (Lipinski definition) is 0. The van der Waals surface area contributed by atoms with Gasteiger partial charge in [0, 0.05) is 0 Å². The summed E-state index contributed by atoms with van der Waals surface area (Å²) < 4.78 is 92.5. The fraction of sp³-hybridized carbons (Fsp3) is 0.520. The van der Waals surface area contributed by atoms with Crippen LogP contribution in [0.25, 0.3) is 0 Å². The summed E-state index contributed by atoms with van der Waals surface area (Å²) in [4.78, 5) is 0. The minimum atomic E-state index is -5.47. The van der Waals surface area contributed by atoms with Gasteiger partial charge in [-0.3, -0.25) is 0 Å². The first-order valence-corrected chi connectivity index (χ1v) is 13.5. The number of halogens is 6. The Morgan fingerprint density at radius 3 is 1.53 bits per heavy atom. The maximum absolute atomic E-state index is 16.1. The Morgan fingerprint density at radius 1 is 0.625 bits per heavy atom. The van der Waals surface area contributed by atoms with E-state index in [2.05, 4.69) is 0 Å². The summed E-state index contributed by atoms with van der Waals surface area (Å²) in [6, 6.07) is 14.8. The molecule has 0 heterocycles. The second-order valence-corrected chi connectivity index (χ2v) is 12.5. The maximum atomic E-state index is 16.1. The summed E-state index contributed by atoms with van der Waals surface area (Å²) in [6.45, 7) is 3.63. The zero-order valence-electron chi connectivity index (χ0n) is 18.7. The molecule has 0 aliphatic carbocycles. The Bertz CT molecular complexity index is 768. The molecule has 2 aromatic carbocycles. The summed E-state index contributed by atoms with van der Waals surface area (Å²) in [5.74, 6) is -10.3. The second kappa shape index (κ2) is 11.0. The van der Waals surface area contributed by atoms with Gasteiger partial charge in [-0.25, -0.2) is 0 Å². The molecule has 0 nitrogen and oxygen atoms in total. The SMILES string of the molecule is CCCCCCC(F)(F)C(F)(F)C(F)(F)[PH](CCCC)(c1ccccc1)c1ccccc1. The molecule has 0 saturated heterocycles. The first kappa shape index (κ1) is 26.7.